The Labute approximate surface area is 412 Å². The number of allylic oxidation sites excluding steroid dienone is 20. The van der Waals surface area contributed by atoms with Crippen molar-refractivity contribution in [1.29, 1.82) is 0 Å². The lowest BCUT2D eigenvalue weighted by molar-refractivity contribution is -0.167. The molecule has 0 N–H and O–H groups in total. The van der Waals surface area contributed by atoms with Gasteiger partial charge in [-0.05, 0) is 128 Å². The maximum Gasteiger partial charge on any atom is 0.306 e. The molecule has 1 atom stereocenters. The minimum Gasteiger partial charge on any atom is -0.462 e. The Morgan fingerprint density at radius 1 is 0.313 bits per heavy atom. The molecule has 0 aliphatic heterocycles. The van der Waals surface area contributed by atoms with E-state index in [1.54, 1.807) is 0 Å². The fourth-order valence-electron chi connectivity index (χ4n) is 6.87. The quantitative estimate of drug-likeness (QED) is 0.0262. The third-order valence-corrected chi connectivity index (χ3v) is 10.9. The van der Waals surface area contributed by atoms with Crippen molar-refractivity contribution in [2.24, 2.45) is 0 Å². The molecule has 0 aliphatic rings. The summed E-state index contributed by atoms with van der Waals surface area (Å²) in [6.45, 7) is 6.38. The molecule has 6 nitrogen and oxygen atoms in total. The van der Waals surface area contributed by atoms with Gasteiger partial charge in [-0.15, -0.1) is 0 Å². The van der Waals surface area contributed by atoms with E-state index in [-0.39, 0.29) is 44.0 Å². The standard InChI is InChI=1S/C61H98O6/c1-4-7-10-13-16-19-22-25-28-30-33-36-39-42-45-48-51-54-60(63)66-57-58(56-65-59(62)53-50-47-44-41-38-35-32-27-24-21-18-15-12-9-6-3)67-61(64)55-52-49-46-43-40-37-34-31-29-26-23-20-17-14-11-8-5-2/h7,10,16-21,25-29,32-34,36-37,42,45,58H,4-6,8-9,11-15,22-24,30-31,35,38-41,43-44,46-57H2,1-3H3/b10-7-,19-16-,20-17-,21-18-,28-25-,29-26-,32-27-,36-33-,37-34-,45-42-/t58-/m1/s1. The molecule has 0 fully saturated rings. The summed E-state index contributed by atoms with van der Waals surface area (Å²) < 4.78 is 16.7. The highest BCUT2D eigenvalue weighted by Gasteiger charge is 2.19. The molecule has 67 heavy (non-hydrogen) atoms. The molecule has 0 spiro atoms. The Bertz CT molecular complexity index is 1440. The predicted octanol–water partition coefficient (Wildman–Crippen LogP) is 18.1. The number of ether oxygens (including phenoxy) is 3. The number of hydrogen-bond acceptors (Lipinski definition) is 6. The second-order valence-corrected chi connectivity index (χ2v) is 17.4. The SMILES string of the molecule is CC/C=C\C/C=C\C/C=C\C/C=C\C/C=C\CCCC(=O)OC[C@@H](COC(=O)CCCCCCC/C=C\C/C=C\CCCCC)OC(=O)CCCCCC/C=C\C/C=C\C/C=C\CCCCC. The monoisotopic (exact) mass is 927 g/mol. The van der Waals surface area contributed by atoms with E-state index in [9.17, 15) is 14.4 Å². The van der Waals surface area contributed by atoms with Crippen LogP contribution in [0.15, 0.2) is 122 Å². The van der Waals surface area contributed by atoms with Crippen LogP contribution >= 0.6 is 0 Å². The van der Waals surface area contributed by atoms with Gasteiger partial charge in [0.25, 0.3) is 0 Å². The van der Waals surface area contributed by atoms with Crippen LogP contribution in [0.4, 0.5) is 0 Å². The highest BCUT2D eigenvalue weighted by Crippen LogP contribution is 2.12. The van der Waals surface area contributed by atoms with Crippen molar-refractivity contribution >= 4 is 17.9 Å². The Balaban J connectivity index is 4.57. The summed E-state index contributed by atoms with van der Waals surface area (Å²) in [5.74, 6) is -1.02. The summed E-state index contributed by atoms with van der Waals surface area (Å²) in [4.78, 5) is 38.1. The number of carbonyl (C=O) groups excluding carboxylic acids is 3. The van der Waals surface area contributed by atoms with Gasteiger partial charge in [0, 0.05) is 19.3 Å². The van der Waals surface area contributed by atoms with Crippen LogP contribution < -0.4 is 0 Å². The van der Waals surface area contributed by atoms with Crippen LogP contribution in [0.5, 0.6) is 0 Å². The van der Waals surface area contributed by atoms with Crippen LogP contribution in [0.2, 0.25) is 0 Å². The van der Waals surface area contributed by atoms with E-state index >= 15 is 0 Å². The zero-order chi connectivity index (χ0) is 48.6. The predicted molar refractivity (Wildman–Crippen MR) is 288 cm³/mol. The van der Waals surface area contributed by atoms with Gasteiger partial charge in [0.05, 0.1) is 0 Å². The van der Waals surface area contributed by atoms with Crippen molar-refractivity contribution in [3.8, 4) is 0 Å². The van der Waals surface area contributed by atoms with Gasteiger partial charge in [0.2, 0.25) is 0 Å². The van der Waals surface area contributed by atoms with Crippen molar-refractivity contribution in [1.82, 2.24) is 0 Å². The molecule has 0 aromatic carbocycles. The molecule has 0 aromatic heterocycles. The van der Waals surface area contributed by atoms with E-state index in [0.717, 1.165) is 128 Å². The minimum atomic E-state index is -0.822. The van der Waals surface area contributed by atoms with Gasteiger partial charge in [-0.2, -0.15) is 0 Å². The summed E-state index contributed by atoms with van der Waals surface area (Å²) >= 11 is 0. The first-order valence-electron chi connectivity index (χ1n) is 27.0. The van der Waals surface area contributed by atoms with Gasteiger partial charge in [0.1, 0.15) is 13.2 Å². The third-order valence-electron chi connectivity index (χ3n) is 10.9. The van der Waals surface area contributed by atoms with Crippen molar-refractivity contribution in [2.75, 3.05) is 13.2 Å². The first-order valence-corrected chi connectivity index (χ1v) is 27.0. The average Bonchev–Trinajstić information content (AvgIpc) is 3.33. The smallest absolute Gasteiger partial charge is 0.306 e. The Morgan fingerprint density at radius 3 is 0.970 bits per heavy atom. The first kappa shape index (κ1) is 62.8. The largest absolute Gasteiger partial charge is 0.462 e. The van der Waals surface area contributed by atoms with Gasteiger partial charge in [0.15, 0.2) is 6.10 Å². The molecule has 0 aromatic rings. The van der Waals surface area contributed by atoms with Crippen LogP contribution in [0.25, 0.3) is 0 Å². The lowest BCUT2D eigenvalue weighted by Crippen LogP contribution is -2.30. The van der Waals surface area contributed by atoms with Crippen LogP contribution in [-0.4, -0.2) is 37.2 Å². The van der Waals surface area contributed by atoms with Crippen LogP contribution in [0.1, 0.15) is 226 Å². The van der Waals surface area contributed by atoms with E-state index in [1.165, 1.54) is 51.4 Å². The van der Waals surface area contributed by atoms with Crippen molar-refractivity contribution in [2.45, 2.75) is 232 Å². The molecule has 378 valence electrons. The summed E-state index contributed by atoms with van der Waals surface area (Å²) in [5.41, 5.74) is 0. The zero-order valence-electron chi connectivity index (χ0n) is 43.1. The number of esters is 3. The van der Waals surface area contributed by atoms with Crippen LogP contribution in [0.3, 0.4) is 0 Å². The second kappa shape index (κ2) is 54.4. The van der Waals surface area contributed by atoms with Gasteiger partial charge >= 0.3 is 17.9 Å². The molecule has 0 saturated carbocycles. The maximum atomic E-state index is 12.8. The lowest BCUT2D eigenvalue weighted by atomic mass is 10.1. The molecule has 0 aliphatic carbocycles. The van der Waals surface area contributed by atoms with E-state index in [2.05, 4.69) is 142 Å². The van der Waals surface area contributed by atoms with Crippen molar-refractivity contribution in [3.05, 3.63) is 122 Å². The minimum absolute atomic E-state index is 0.116. The lowest BCUT2D eigenvalue weighted by Gasteiger charge is -2.18. The normalized spacial score (nSPS) is 13.1. The molecular weight excluding hydrogens is 829 g/mol. The molecule has 0 heterocycles. The van der Waals surface area contributed by atoms with E-state index in [4.69, 9.17) is 14.2 Å². The summed E-state index contributed by atoms with van der Waals surface area (Å²) in [6.07, 6.45) is 74.7. The van der Waals surface area contributed by atoms with E-state index in [0.29, 0.717) is 12.8 Å². The van der Waals surface area contributed by atoms with E-state index < -0.39 is 6.10 Å². The zero-order valence-corrected chi connectivity index (χ0v) is 43.1. The fraction of sp³-hybridized carbons (Fsp3) is 0.623. The van der Waals surface area contributed by atoms with Crippen LogP contribution in [0, 0.1) is 0 Å². The molecule has 0 saturated heterocycles. The Hall–Kier alpha value is -4.19. The third kappa shape index (κ3) is 52.6. The highest BCUT2D eigenvalue weighted by atomic mass is 16.6. The first-order chi connectivity index (χ1) is 33.0. The summed E-state index contributed by atoms with van der Waals surface area (Å²) in [6, 6.07) is 0. The van der Waals surface area contributed by atoms with Crippen molar-refractivity contribution < 1.29 is 28.6 Å². The van der Waals surface area contributed by atoms with E-state index in [1.807, 2.05) is 0 Å². The Morgan fingerprint density at radius 2 is 0.597 bits per heavy atom. The molecule has 0 radical (unpaired) electrons. The number of carbonyl (C=O) groups is 3. The highest BCUT2D eigenvalue weighted by molar-refractivity contribution is 5.71. The molecule has 0 amide bonds. The summed E-state index contributed by atoms with van der Waals surface area (Å²) in [5, 5.41) is 0. The van der Waals surface area contributed by atoms with Gasteiger partial charge in [-0.3, -0.25) is 14.4 Å². The summed E-state index contributed by atoms with van der Waals surface area (Å²) in [7, 11) is 0. The topological polar surface area (TPSA) is 78.9 Å². The van der Waals surface area contributed by atoms with Gasteiger partial charge in [-0.1, -0.05) is 200 Å². The molecule has 0 unspecified atom stereocenters. The van der Waals surface area contributed by atoms with Gasteiger partial charge in [-0.25, -0.2) is 0 Å². The number of unbranched alkanes of at least 4 members (excludes halogenated alkanes) is 16. The Kier molecular flexibility index (Phi) is 51.0. The number of rotatable bonds is 47. The second-order valence-electron chi connectivity index (χ2n) is 17.4. The molecular formula is C61H98O6. The average molecular weight is 927 g/mol. The molecule has 0 rings (SSSR count). The molecule has 0 bridgehead atoms. The van der Waals surface area contributed by atoms with Gasteiger partial charge < -0.3 is 14.2 Å². The molecule has 6 heteroatoms. The van der Waals surface area contributed by atoms with Crippen LogP contribution in [-0.2, 0) is 28.6 Å². The maximum absolute atomic E-state index is 12.8. The van der Waals surface area contributed by atoms with Crippen molar-refractivity contribution in [3.63, 3.8) is 0 Å². The number of hydrogen-bond donors (Lipinski definition) is 0. The fourth-order valence-corrected chi connectivity index (χ4v) is 6.87.